The number of thioether (sulfide) groups is 1. The number of aryl methyl sites for hydroxylation is 1. The van der Waals surface area contributed by atoms with Crippen LogP contribution < -0.4 is 4.90 Å². The topological polar surface area (TPSA) is 76.4 Å². The zero-order valence-electron chi connectivity index (χ0n) is 19.2. The fourth-order valence-electron chi connectivity index (χ4n) is 3.83. The van der Waals surface area contributed by atoms with Gasteiger partial charge >= 0.3 is 0 Å². The van der Waals surface area contributed by atoms with E-state index in [2.05, 4.69) is 45.2 Å². The van der Waals surface area contributed by atoms with Crippen LogP contribution in [-0.2, 0) is 16.1 Å². The number of para-hydroxylation sites is 1. The summed E-state index contributed by atoms with van der Waals surface area (Å²) in [5, 5.41) is 10.6. The molecule has 4 aromatic rings. The highest BCUT2D eigenvalue weighted by Crippen LogP contribution is 2.28. The number of benzene rings is 2. The lowest BCUT2D eigenvalue weighted by Gasteiger charge is -2.28. The maximum Gasteiger partial charge on any atom is 0.233 e. The van der Waals surface area contributed by atoms with E-state index in [-0.39, 0.29) is 11.7 Å². The number of rotatable bonds is 7. The molecule has 34 heavy (non-hydrogen) atoms. The summed E-state index contributed by atoms with van der Waals surface area (Å²) in [6.07, 6.45) is 0. The number of thiazole rings is 1. The standard InChI is InChI=1S/C24H26N6O2S2/c1-17-6-5-7-18(14-17)30-23(29-10-12-32-13-11-29)26-27-24(30)33-16-22(31)28(2)15-21-25-19-8-3-4-9-20(19)34-21/h3-9,14H,10-13,15-16H2,1-2H3. The van der Waals surface area contributed by atoms with Gasteiger partial charge in [0.15, 0.2) is 5.16 Å². The molecule has 1 amide bonds. The number of fused-ring (bicyclic) bond motifs is 1. The second-order valence-corrected chi connectivity index (χ2v) is 10.2. The molecule has 5 rings (SSSR count). The van der Waals surface area contributed by atoms with Crippen molar-refractivity contribution in [3.05, 3.63) is 59.1 Å². The quantitative estimate of drug-likeness (QED) is 0.362. The van der Waals surface area contributed by atoms with E-state index in [9.17, 15) is 4.79 Å². The van der Waals surface area contributed by atoms with Crippen LogP contribution in [0.25, 0.3) is 15.9 Å². The van der Waals surface area contributed by atoms with Crippen molar-refractivity contribution in [1.29, 1.82) is 0 Å². The van der Waals surface area contributed by atoms with Crippen molar-refractivity contribution in [2.45, 2.75) is 18.6 Å². The Morgan fingerprint density at radius 1 is 1.15 bits per heavy atom. The molecule has 0 bridgehead atoms. The fourth-order valence-corrected chi connectivity index (χ4v) is 5.74. The first-order valence-electron chi connectivity index (χ1n) is 11.1. The Morgan fingerprint density at radius 2 is 1.97 bits per heavy atom. The normalized spacial score (nSPS) is 14.0. The van der Waals surface area contributed by atoms with Crippen LogP contribution in [0.2, 0.25) is 0 Å². The molecule has 2 aromatic heterocycles. The summed E-state index contributed by atoms with van der Waals surface area (Å²) in [6, 6.07) is 16.3. The van der Waals surface area contributed by atoms with Gasteiger partial charge in [-0.15, -0.1) is 21.5 Å². The van der Waals surface area contributed by atoms with E-state index in [0.717, 1.165) is 45.5 Å². The second kappa shape index (κ2) is 10.1. The van der Waals surface area contributed by atoms with E-state index in [1.807, 2.05) is 41.9 Å². The molecule has 0 spiro atoms. The molecule has 0 unspecified atom stereocenters. The molecule has 176 valence electrons. The second-order valence-electron chi connectivity index (χ2n) is 8.17. The predicted octanol–water partition coefficient (Wildman–Crippen LogP) is 3.77. The third kappa shape index (κ3) is 4.94. The Hall–Kier alpha value is -2.95. The van der Waals surface area contributed by atoms with Gasteiger partial charge in [-0.05, 0) is 36.8 Å². The van der Waals surface area contributed by atoms with Gasteiger partial charge in [0.1, 0.15) is 5.01 Å². The minimum Gasteiger partial charge on any atom is -0.378 e. The number of amides is 1. The van der Waals surface area contributed by atoms with Gasteiger partial charge in [-0.3, -0.25) is 9.36 Å². The molecule has 0 atom stereocenters. The van der Waals surface area contributed by atoms with Crippen LogP contribution in [0, 0.1) is 6.92 Å². The number of carbonyl (C=O) groups excluding carboxylic acids is 1. The van der Waals surface area contributed by atoms with Crippen LogP contribution in [0.15, 0.2) is 53.7 Å². The lowest BCUT2D eigenvalue weighted by Crippen LogP contribution is -2.37. The lowest BCUT2D eigenvalue weighted by molar-refractivity contribution is -0.127. The molecule has 0 aliphatic carbocycles. The van der Waals surface area contributed by atoms with E-state index < -0.39 is 0 Å². The van der Waals surface area contributed by atoms with Crippen LogP contribution in [0.4, 0.5) is 5.95 Å². The van der Waals surface area contributed by atoms with Gasteiger partial charge in [-0.25, -0.2) is 4.98 Å². The summed E-state index contributed by atoms with van der Waals surface area (Å²) in [4.78, 5) is 21.5. The van der Waals surface area contributed by atoms with Gasteiger partial charge in [0.25, 0.3) is 0 Å². The molecule has 3 heterocycles. The van der Waals surface area contributed by atoms with E-state index >= 15 is 0 Å². The first-order chi connectivity index (χ1) is 16.6. The van der Waals surface area contributed by atoms with Crippen molar-refractivity contribution in [1.82, 2.24) is 24.6 Å². The van der Waals surface area contributed by atoms with E-state index in [1.165, 1.54) is 11.8 Å². The van der Waals surface area contributed by atoms with Crippen molar-refractivity contribution in [3.8, 4) is 5.69 Å². The van der Waals surface area contributed by atoms with Crippen LogP contribution in [0.5, 0.6) is 0 Å². The highest BCUT2D eigenvalue weighted by Gasteiger charge is 2.23. The van der Waals surface area contributed by atoms with Crippen LogP contribution in [-0.4, -0.2) is 69.7 Å². The van der Waals surface area contributed by atoms with Crippen molar-refractivity contribution in [3.63, 3.8) is 0 Å². The third-order valence-corrected chi connectivity index (χ3v) is 7.57. The number of aromatic nitrogens is 4. The van der Waals surface area contributed by atoms with Crippen LogP contribution in [0.3, 0.4) is 0 Å². The number of anilines is 1. The third-order valence-electron chi connectivity index (χ3n) is 5.63. The summed E-state index contributed by atoms with van der Waals surface area (Å²) < 4.78 is 8.69. The van der Waals surface area contributed by atoms with Crippen molar-refractivity contribution in [2.75, 3.05) is 44.0 Å². The molecule has 0 N–H and O–H groups in total. The van der Waals surface area contributed by atoms with Gasteiger partial charge in [0.05, 0.1) is 41.4 Å². The van der Waals surface area contributed by atoms with Gasteiger partial charge in [-0.2, -0.15) is 0 Å². The number of nitrogens with zero attached hydrogens (tertiary/aromatic N) is 6. The molecular formula is C24H26N6O2S2. The first kappa shape index (κ1) is 22.8. The van der Waals surface area contributed by atoms with Gasteiger partial charge in [-0.1, -0.05) is 36.0 Å². The molecule has 1 fully saturated rings. The number of carbonyl (C=O) groups is 1. The molecule has 10 heteroatoms. The largest absolute Gasteiger partial charge is 0.378 e. The van der Waals surface area contributed by atoms with Crippen molar-refractivity contribution in [2.24, 2.45) is 0 Å². The smallest absolute Gasteiger partial charge is 0.233 e. The SMILES string of the molecule is Cc1cccc(-n2c(SCC(=O)N(C)Cc3nc4ccccc4s3)nnc2N2CCOCC2)c1. The Bertz CT molecular complexity index is 1260. The average Bonchev–Trinajstić information content (AvgIpc) is 3.46. The maximum absolute atomic E-state index is 12.9. The van der Waals surface area contributed by atoms with E-state index in [4.69, 9.17) is 4.74 Å². The molecule has 0 saturated carbocycles. The highest BCUT2D eigenvalue weighted by atomic mass is 32.2. The lowest BCUT2D eigenvalue weighted by atomic mass is 10.2. The minimum absolute atomic E-state index is 0.0240. The number of morpholine rings is 1. The van der Waals surface area contributed by atoms with Crippen molar-refractivity contribution < 1.29 is 9.53 Å². The Balaban J connectivity index is 1.32. The molecule has 1 aliphatic heterocycles. The van der Waals surface area contributed by atoms with Crippen LogP contribution in [0.1, 0.15) is 10.6 Å². The summed E-state index contributed by atoms with van der Waals surface area (Å²) in [7, 11) is 1.82. The van der Waals surface area contributed by atoms with Crippen LogP contribution >= 0.6 is 23.1 Å². The summed E-state index contributed by atoms with van der Waals surface area (Å²) in [5.74, 6) is 1.08. The number of hydrogen-bond donors (Lipinski definition) is 0. The molecule has 0 radical (unpaired) electrons. The number of hydrogen-bond acceptors (Lipinski definition) is 8. The molecular weight excluding hydrogens is 468 g/mol. The zero-order chi connectivity index (χ0) is 23.5. The van der Waals surface area contributed by atoms with Crippen molar-refractivity contribution >= 4 is 45.2 Å². The molecule has 1 saturated heterocycles. The fraction of sp³-hybridized carbons (Fsp3) is 0.333. The Morgan fingerprint density at radius 3 is 2.76 bits per heavy atom. The first-order valence-corrected chi connectivity index (χ1v) is 12.9. The van der Waals surface area contributed by atoms with Gasteiger partial charge < -0.3 is 14.5 Å². The number of ether oxygens (including phenoxy) is 1. The van der Waals surface area contributed by atoms with E-state index in [1.54, 1.807) is 16.2 Å². The maximum atomic E-state index is 12.9. The van der Waals surface area contributed by atoms with Gasteiger partial charge in [0.2, 0.25) is 11.9 Å². The summed E-state index contributed by atoms with van der Waals surface area (Å²) in [5.41, 5.74) is 3.12. The minimum atomic E-state index is 0.0240. The molecule has 1 aliphatic rings. The molecule has 2 aromatic carbocycles. The predicted molar refractivity (Wildman–Crippen MR) is 136 cm³/mol. The zero-order valence-corrected chi connectivity index (χ0v) is 20.8. The summed E-state index contributed by atoms with van der Waals surface area (Å²) in [6.45, 7) is 5.41. The Kier molecular flexibility index (Phi) is 6.80. The highest BCUT2D eigenvalue weighted by molar-refractivity contribution is 7.99. The average molecular weight is 495 g/mol. The van der Waals surface area contributed by atoms with E-state index in [0.29, 0.717) is 24.9 Å². The summed E-state index contributed by atoms with van der Waals surface area (Å²) >= 11 is 3.03. The molecule has 8 nitrogen and oxygen atoms in total. The Labute approximate surface area is 206 Å². The monoisotopic (exact) mass is 494 g/mol. The van der Waals surface area contributed by atoms with Gasteiger partial charge in [0, 0.05) is 20.1 Å².